The van der Waals surface area contributed by atoms with Crippen LogP contribution in [0.4, 0.5) is 0 Å². The lowest BCUT2D eigenvalue weighted by atomic mass is 9.76. The van der Waals surface area contributed by atoms with Gasteiger partial charge in [0.05, 0.1) is 19.6 Å². The summed E-state index contributed by atoms with van der Waals surface area (Å²) in [6.45, 7) is 6.14. The summed E-state index contributed by atoms with van der Waals surface area (Å²) in [5.74, 6) is 2.45. The molecule has 196 valence electrons. The minimum atomic E-state index is -1.07. The van der Waals surface area contributed by atoms with Gasteiger partial charge in [0.1, 0.15) is 28.2 Å². The largest absolute Gasteiger partial charge is 0.497 e. The zero-order chi connectivity index (χ0) is 26.1. The standard InChI is InChI=1S/C31H35Cl2NO3/c1-4-29(23-7-13-26(35-2)14-8-23)30(31(29,32)33,24-9-15-27(36-3)16-10-24)25-11-17-28(18-12-25)37-22-21-34-19-5-6-20-34/h7-18H,4-6,19-22H2,1-3H3. The zero-order valence-electron chi connectivity index (χ0n) is 21.8. The highest BCUT2D eigenvalue weighted by Gasteiger charge is 2.87. The molecule has 2 fully saturated rings. The van der Waals surface area contributed by atoms with Gasteiger partial charge in [-0.25, -0.2) is 0 Å². The topological polar surface area (TPSA) is 30.9 Å². The van der Waals surface area contributed by atoms with Gasteiger partial charge in [-0.15, -0.1) is 0 Å². The highest BCUT2D eigenvalue weighted by Crippen LogP contribution is 2.82. The first-order valence-corrected chi connectivity index (χ1v) is 13.8. The van der Waals surface area contributed by atoms with Crippen molar-refractivity contribution in [1.82, 2.24) is 4.90 Å². The Bertz CT molecular complexity index is 1190. The molecule has 2 aliphatic rings. The van der Waals surface area contributed by atoms with Gasteiger partial charge in [-0.05, 0) is 85.4 Å². The molecule has 1 aliphatic carbocycles. The van der Waals surface area contributed by atoms with E-state index in [1.807, 2.05) is 36.4 Å². The molecule has 0 N–H and O–H groups in total. The summed E-state index contributed by atoms with van der Waals surface area (Å²) in [5.41, 5.74) is 2.00. The van der Waals surface area contributed by atoms with Crippen LogP contribution in [-0.2, 0) is 10.8 Å². The van der Waals surface area contributed by atoms with Gasteiger partial charge in [0, 0.05) is 12.0 Å². The molecule has 1 saturated heterocycles. The molecule has 1 saturated carbocycles. The molecule has 0 aromatic heterocycles. The summed E-state index contributed by atoms with van der Waals surface area (Å²) < 4.78 is 15.9. The molecular weight excluding hydrogens is 505 g/mol. The van der Waals surface area contributed by atoms with Crippen LogP contribution in [0.15, 0.2) is 72.8 Å². The van der Waals surface area contributed by atoms with Crippen molar-refractivity contribution >= 4 is 23.2 Å². The van der Waals surface area contributed by atoms with Gasteiger partial charge in [-0.2, -0.15) is 0 Å². The van der Waals surface area contributed by atoms with Crippen molar-refractivity contribution in [1.29, 1.82) is 0 Å². The summed E-state index contributed by atoms with van der Waals surface area (Å²) >= 11 is 14.8. The van der Waals surface area contributed by atoms with E-state index in [2.05, 4.69) is 48.2 Å². The van der Waals surface area contributed by atoms with Crippen LogP contribution in [0.25, 0.3) is 0 Å². The van der Waals surface area contributed by atoms with Crippen molar-refractivity contribution in [3.63, 3.8) is 0 Å². The van der Waals surface area contributed by atoms with E-state index in [-0.39, 0.29) is 0 Å². The third-order valence-electron chi connectivity index (χ3n) is 8.38. The van der Waals surface area contributed by atoms with Gasteiger partial charge in [0.25, 0.3) is 0 Å². The van der Waals surface area contributed by atoms with Gasteiger partial charge in [0.2, 0.25) is 0 Å². The lowest BCUT2D eigenvalue weighted by Gasteiger charge is -2.26. The quantitative estimate of drug-likeness (QED) is 0.259. The Balaban J connectivity index is 1.53. The lowest BCUT2D eigenvalue weighted by molar-refractivity contribution is 0.237. The van der Waals surface area contributed by atoms with Crippen molar-refractivity contribution in [3.05, 3.63) is 89.5 Å². The number of hydrogen-bond acceptors (Lipinski definition) is 4. The SMILES string of the molecule is CCC1(c2ccc(OC)cc2)C(Cl)(Cl)C1(c1ccc(OC)cc1)c1ccc(OCCN2CCCC2)cc1. The zero-order valence-corrected chi connectivity index (χ0v) is 23.3. The molecule has 6 heteroatoms. The van der Waals surface area contributed by atoms with Gasteiger partial charge >= 0.3 is 0 Å². The molecular formula is C31H35Cl2NO3. The van der Waals surface area contributed by atoms with Crippen LogP contribution in [0.2, 0.25) is 0 Å². The van der Waals surface area contributed by atoms with Crippen molar-refractivity contribution in [2.24, 2.45) is 0 Å². The van der Waals surface area contributed by atoms with E-state index >= 15 is 0 Å². The third kappa shape index (κ3) is 4.09. The number of ether oxygens (including phenoxy) is 3. The van der Waals surface area contributed by atoms with E-state index in [1.165, 1.54) is 25.9 Å². The summed E-state index contributed by atoms with van der Waals surface area (Å²) in [6.07, 6.45) is 3.33. The first kappa shape index (κ1) is 26.2. The molecule has 0 amide bonds. The van der Waals surface area contributed by atoms with E-state index in [9.17, 15) is 0 Å². The smallest absolute Gasteiger partial charge is 0.143 e. The van der Waals surface area contributed by atoms with Crippen molar-refractivity contribution < 1.29 is 14.2 Å². The molecule has 3 aromatic rings. The summed E-state index contributed by atoms with van der Waals surface area (Å²) in [4.78, 5) is 2.46. The second-order valence-corrected chi connectivity index (χ2v) is 11.3. The lowest BCUT2D eigenvalue weighted by Crippen LogP contribution is -2.25. The van der Waals surface area contributed by atoms with E-state index in [1.54, 1.807) is 14.2 Å². The van der Waals surface area contributed by atoms with Crippen LogP contribution < -0.4 is 14.2 Å². The molecule has 1 heterocycles. The molecule has 1 aliphatic heterocycles. The number of benzene rings is 3. The second-order valence-electron chi connectivity index (χ2n) is 9.96. The normalized spacial score (nSPS) is 24.6. The van der Waals surface area contributed by atoms with Crippen LogP contribution in [-0.4, -0.2) is 49.7 Å². The van der Waals surface area contributed by atoms with Crippen molar-refractivity contribution in [2.75, 3.05) is 40.5 Å². The van der Waals surface area contributed by atoms with Crippen LogP contribution in [0.1, 0.15) is 42.9 Å². The number of hydrogen-bond donors (Lipinski definition) is 0. The van der Waals surface area contributed by atoms with Crippen molar-refractivity contribution in [3.8, 4) is 17.2 Å². The fraction of sp³-hybridized carbons (Fsp3) is 0.419. The third-order valence-corrected chi connectivity index (χ3v) is 9.60. The van der Waals surface area contributed by atoms with Gasteiger partial charge < -0.3 is 14.2 Å². The number of rotatable bonds is 10. The minimum Gasteiger partial charge on any atom is -0.497 e. The Labute approximate surface area is 230 Å². The molecule has 0 spiro atoms. The average molecular weight is 541 g/mol. The minimum absolute atomic E-state index is 0.540. The molecule has 0 bridgehead atoms. The number of alkyl halides is 2. The highest BCUT2D eigenvalue weighted by molar-refractivity contribution is 6.54. The maximum Gasteiger partial charge on any atom is 0.143 e. The first-order valence-electron chi connectivity index (χ1n) is 13.1. The van der Waals surface area contributed by atoms with Crippen LogP contribution in [0.3, 0.4) is 0 Å². The van der Waals surface area contributed by atoms with Gasteiger partial charge in [0.15, 0.2) is 0 Å². The van der Waals surface area contributed by atoms with E-state index in [4.69, 9.17) is 37.4 Å². The van der Waals surface area contributed by atoms with Crippen LogP contribution >= 0.6 is 23.2 Å². The van der Waals surface area contributed by atoms with E-state index in [0.29, 0.717) is 6.61 Å². The Kier molecular flexibility index (Phi) is 7.37. The molecule has 2 unspecified atom stereocenters. The Morgan fingerprint density at radius 1 is 0.703 bits per heavy atom. The van der Waals surface area contributed by atoms with Crippen LogP contribution in [0, 0.1) is 0 Å². The van der Waals surface area contributed by atoms with Gasteiger partial charge in [-0.3, -0.25) is 4.90 Å². The Morgan fingerprint density at radius 2 is 1.16 bits per heavy atom. The maximum atomic E-state index is 7.40. The Hall–Kier alpha value is -2.40. The first-order chi connectivity index (χ1) is 17.9. The number of methoxy groups -OCH3 is 2. The van der Waals surface area contributed by atoms with Crippen LogP contribution in [0.5, 0.6) is 17.2 Å². The number of nitrogens with zero attached hydrogens (tertiary/aromatic N) is 1. The highest BCUT2D eigenvalue weighted by atomic mass is 35.5. The predicted octanol–water partition coefficient (Wildman–Crippen LogP) is 7.00. The summed E-state index contributed by atoms with van der Waals surface area (Å²) in [5, 5.41) is 0. The van der Waals surface area contributed by atoms with Crippen molar-refractivity contribution in [2.45, 2.75) is 41.3 Å². The molecule has 2 atom stereocenters. The average Bonchev–Trinajstić information content (AvgIpc) is 3.22. The molecule has 3 aromatic carbocycles. The predicted molar refractivity (Wildman–Crippen MR) is 151 cm³/mol. The second kappa shape index (κ2) is 10.4. The summed E-state index contributed by atoms with van der Waals surface area (Å²) in [6, 6.07) is 24.6. The number of halogens is 2. The number of likely N-dealkylation sites (tertiary alicyclic amines) is 1. The molecule has 0 radical (unpaired) electrons. The molecule has 4 nitrogen and oxygen atoms in total. The fourth-order valence-electron chi connectivity index (χ4n) is 6.47. The fourth-order valence-corrected chi connectivity index (χ4v) is 7.91. The van der Waals surface area contributed by atoms with Gasteiger partial charge in [-0.1, -0.05) is 66.5 Å². The van der Waals surface area contributed by atoms with E-state index < -0.39 is 15.2 Å². The maximum absolute atomic E-state index is 7.40. The molecule has 5 rings (SSSR count). The summed E-state index contributed by atoms with van der Waals surface area (Å²) in [7, 11) is 3.34. The molecule has 37 heavy (non-hydrogen) atoms. The Morgan fingerprint density at radius 3 is 1.62 bits per heavy atom. The van der Waals surface area contributed by atoms with E-state index in [0.717, 1.165) is 46.9 Å². The monoisotopic (exact) mass is 539 g/mol.